The zero-order valence-corrected chi connectivity index (χ0v) is 12.5. The zero-order chi connectivity index (χ0) is 15.1. The van der Waals surface area contributed by atoms with Crippen molar-refractivity contribution in [3.63, 3.8) is 0 Å². The van der Waals surface area contributed by atoms with Gasteiger partial charge >= 0.3 is 0 Å². The Balaban J connectivity index is 1.84. The Morgan fingerprint density at radius 1 is 1.27 bits per heavy atom. The standard InChI is InChI=1S/C16H18N4O2/c1-22-14-7-11-5-3-2-4-10(11)6-12(14)13-8-15(21)19-16-17-9-18-20(13)16/h6-7,9,13H,2-5,8H2,1H3,(H,17,18,19,21)/t13-/m0/s1. The molecule has 1 aliphatic carbocycles. The Labute approximate surface area is 128 Å². The Kier molecular flexibility index (Phi) is 3.10. The minimum Gasteiger partial charge on any atom is -0.496 e. The number of aryl methyl sites for hydroxylation is 2. The number of benzene rings is 1. The highest BCUT2D eigenvalue weighted by Gasteiger charge is 2.30. The molecular weight excluding hydrogens is 280 g/mol. The van der Waals surface area contributed by atoms with Crippen LogP contribution in [0.5, 0.6) is 5.75 Å². The highest BCUT2D eigenvalue weighted by atomic mass is 16.5. The van der Waals surface area contributed by atoms with Crippen LogP contribution in [0.25, 0.3) is 0 Å². The van der Waals surface area contributed by atoms with Gasteiger partial charge in [0.1, 0.15) is 12.1 Å². The first-order valence-electron chi connectivity index (χ1n) is 7.65. The van der Waals surface area contributed by atoms with E-state index >= 15 is 0 Å². The molecule has 0 fully saturated rings. The number of nitrogens with one attached hydrogen (secondary N) is 1. The van der Waals surface area contributed by atoms with Gasteiger partial charge in [-0.1, -0.05) is 0 Å². The molecule has 1 amide bonds. The summed E-state index contributed by atoms with van der Waals surface area (Å²) >= 11 is 0. The summed E-state index contributed by atoms with van der Waals surface area (Å²) in [4.78, 5) is 16.1. The third-order valence-corrected chi connectivity index (χ3v) is 4.55. The van der Waals surface area contributed by atoms with Gasteiger partial charge in [-0.3, -0.25) is 10.1 Å². The first-order valence-corrected chi connectivity index (χ1v) is 7.65. The van der Waals surface area contributed by atoms with E-state index < -0.39 is 0 Å². The van der Waals surface area contributed by atoms with Gasteiger partial charge in [0.15, 0.2) is 0 Å². The van der Waals surface area contributed by atoms with Crippen LogP contribution in [0.1, 0.15) is 42.0 Å². The Bertz CT molecular complexity index is 738. The van der Waals surface area contributed by atoms with Crippen molar-refractivity contribution in [2.75, 3.05) is 12.4 Å². The summed E-state index contributed by atoms with van der Waals surface area (Å²) in [5.74, 6) is 1.30. The summed E-state index contributed by atoms with van der Waals surface area (Å²) in [7, 11) is 1.68. The van der Waals surface area contributed by atoms with E-state index in [4.69, 9.17) is 4.74 Å². The van der Waals surface area contributed by atoms with Crippen molar-refractivity contribution in [3.8, 4) is 5.75 Å². The van der Waals surface area contributed by atoms with Crippen molar-refractivity contribution >= 4 is 11.9 Å². The molecule has 2 aliphatic rings. The van der Waals surface area contributed by atoms with Crippen LogP contribution >= 0.6 is 0 Å². The number of amides is 1. The lowest BCUT2D eigenvalue weighted by Crippen LogP contribution is -2.29. The number of nitrogens with zero attached hydrogens (tertiary/aromatic N) is 3. The van der Waals surface area contributed by atoms with Crippen LogP contribution in [0.4, 0.5) is 5.95 Å². The quantitative estimate of drug-likeness (QED) is 0.922. The van der Waals surface area contributed by atoms with E-state index in [2.05, 4.69) is 27.5 Å². The molecule has 6 heteroatoms. The summed E-state index contributed by atoms with van der Waals surface area (Å²) in [5.41, 5.74) is 3.75. The van der Waals surface area contributed by atoms with E-state index in [0.29, 0.717) is 12.4 Å². The molecule has 2 heterocycles. The van der Waals surface area contributed by atoms with E-state index in [1.54, 1.807) is 11.8 Å². The van der Waals surface area contributed by atoms with Gasteiger partial charge in [-0.2, -0.15) is 10.1 Å². The summed E-state index contributed by atoms with van der Waals surface area (Å²) in [6.45, 7) is 0. The molecule has 1 atom stereocenters. The highest BCUT2D eigenvalue weighted by Crippen LogP contribution is 2.37. The topological polar surface area (TPSA) is 69.0 Å². The predicted octanol–water partition coefficient (Wildman–Crippen LogP) is 2.10. The molecule has 1 aromatic heterocycles. The second-order valence-electron chi connectivity index (χ2n) is 5.87. The SMILES string of the molecule is COc1cc2c(cc1[C@@H]1CC(=O)Nc3ncnn31)CCCC2. The van der Waals surface area contributed by atoms with Gasteiger partial charge in [0, 0.05) is 5.56 Å². The Morgan fingerprint density at radius 2 is 2.05 bits per heavy atom. The van der Waals surface area contributed by atoms with Crippen LogP contribution in [0, 0.1) is 0 Å². The maximum Gasteiger partial charge on any atom is 0.229 e. The summed E-state index contributed by atoms with van der Waals surface area (Å²) in [6, 6.07) is 4.17. The Morgan fingerprint density at radius 3 is 2.82 bits per heavy atom. The number of ether oxygens (including phenoxy) is 1. The maximum absolute atomic E-state index is 12.0. The van der Waals surface area contributed by atoms with E-state index in [1.165, 1.54) is 30.3 Å². The molecule has 0 spiro atoms. The normalized spacial score (nSPS) is 20.0. The van der Waals surface area contributed by atoms with Crippen molar-refractivity contribution in [1.82, 2.24) is 14.8 Å². The van der Waals surface area contributed by atoms with Crippen LogP contribution in [-0.4, -0.2) is 27.8 Å². The minimum atomic E-state index is -0.159. The third kappa shape index (κ3) is 2.06. The number of hydrogen-bond donors (Lipinski definition) is 1. The van der Waals surface area contributed by atoms with Gasteiger partial charge in [0.25, 0.3) is 0 Å². The van der Waals surface area contributed by atoms with E-state index in [-0.39, 0.29) is 11.9 Å². The first-order chi connectivity index (χ1) is 10.8. The van der Waals surface area contributed by atoms with E-state index in [0.717, 1.165) is 24.2 Å². The second kappa shape index (κ2) is 5.12. The molecule has 114 valence electrons. The third-order valence-electron chi connectivity index (χ3n) is 4.55. The lowest BCUT2D eigenvalue weighted by molar-refractivity contribution is -0.117. The molecular formula is C16H18N4O2. The molecule has 1 N–H and O–H groups in total. The van der Waals surface area contributed by atoms with Crippen molar-refractivity contribution in [2.45, 2.75) is 38.1 Å². The Hall–Kier alpha value is -2.37. The van der Waals surface area contributed by atoms with Gasteiger partial charge in [-0.15, -0.1) is 0 Å². The lowest BCUT2D eigenvalue weighted by atomic mass is 9.87. The fourth-order valence-electron chi connectivity index (χ4n) is 3.47. The van der Waals surface area contributed by atoms with Gasteiger partial charge in [-0.05, 0) is 48.9 Å². The van der Waals surface area contributed by atoms with Gasteiger partial charge in [0.2, 0.25) is 11.9 Å². The molecule has 22 heavy (non-hydrogen) atoms. The van der Waals surface area contributed by atoms with Crippen LogP contribution in [0.2, 0.25) is 0 Å². The van der Waals surface area contributed by atoms with Gasteiger partial charge < -0.3 is 4.74 Å². The molecule has 2 aromatic rings. The van der Waals surface area contributed by atoms with Gasteiger partial charge in [0.05, 0.1) is 19.6 Å². The molecule has 0 unspecified atom stereocenters. The number of carbonyl (C=O) groups excluding carboxylic acids is 1. The highest BCUT2D eigenvalue weighted by molar-refractivity contribution is 5.91. The number of carbonyl (C=O) groups is 1. The molecule has 1 aliphatic heterocycles. The molecule has 0 radical (unpaired) electrons. The first kappa shape index (κ1) is 13.3. The summed E-state index contributed by atoms with van der Waals surface area (Å²) in [6.07, 6.45) is 6.47. The predicted molar refractivity (Wildman–Crippen MR) is 81.0 cm³/mol. The second-order valence-corrected chi connectivity index (χ2v) is 5.87. The largest absolute Gasteiger partial charge is 0.496 e. The van der Waals surface area contributed by atoms with Crippen molar-refractivity contribution in [2.24, 2.45) is 0 Å². The van der Waals surface area contributed by atoms with Crippen LogP contribution in [0.15, 0.2) is 18.5 Å². The van der Waals surface area contributed by atoms with E-state index in [1.807, 2.05) is 0 Å². The number of fused-ring (bicyclic) bond motifs is 2. The number of hydrogen-bond acceptors (Lipinski definition) is 4. The minimum absolute atomic E-state index is 0.0368. The summed E-state index contributed by atoms with van der Waals surface area (Å²) in [5, 5.41) is 7.02. The summed E-state index contributed by atoms with van der Waals surface area (Å²) < 4.78 is 7.37. The molecule has 0 saturated carbocycles. The number of rotatable bonds is 2. The van der Waals surface area contributed by atoms with Gasteiger partial charge in [-0.25, -0.2) is 4.68 Å². The van der Waals surface area contributed by atoms with Crippen LogP contribution in [-0.2, 0) is 17.6 Å². The molecule has 6 nitrogen and oxygen atoms in total. The lowest BCUT2D eigenvalue weighted by Gasteiger charge is -2.27. The van der Waals surface area contributed by atoms with E-state index in [9.17, 15) is 4.79 Å². The number of aromatic nitrogens is 3. The average Bonchev–Trinajstić information content (AvgIpc) is 3.01. The van der Waals surface area contributed by atoms with Crippen molar-refractivity contribution < 1.29 is 9.53 Å². The fraction of sp³-hybridized carbons (Fsp3) is 0.438. The average molecular weight is 298 g/mol. The molecule has 4 rings (SSSR count). The number of anilines is 1. The molecule has 1 aromatic carbocycles. The van der Waals surface area contributed by atoms with Crippen molar-refractivity contribution in [3.05, 3.63) is 35.2 Å². The zero-order valence-electron chi connectivity index (χ0n) is 12.5. The number of methoxy groups -OCH3 is 1. The van der Waals surface area contributed by atoms with Crippen LogP contribution in [0.3, 0.4) is 0 Å². The monoisotopic (exact) mass is 298 g/mol. The smallest absolute Gasteiger partial charge is 0.229 e. The maximum atomic E-state index is 12.0. The van der Waals surface area contributed by atoms with Crippen molar-refractivity contribution in [1.29, 1.82) is 0 Å². The fourth-order valence-corrected chi connectivity index (χ4v) is 3.47. The molecule has 0 saturated heterocycles. The van der Waals surface area contributed by atoms with Crippen LogP contribution < -0.4 is 10.1 Å². The molecule has 0 bridgehead atoms.